The number of thiophene rings is 1. The number of anilines is 2. The van der Waals surface area contributed by atoms with E-state index in [0.29, 0.717) is 11.6 Å². The van der Waals surface area contributed by atoms with Crippen LogP contribution in [0.5, 0.6) is 0 Å². The lowest BCUT2D eigenvalue weighted by atomic mass is 10.1. The molecule has 0 radical (unpaired) electrons. The molecule has 0 aliphatic carbocycles. The molecular weight excluding hydrogens is 318 g/mol. The van der Waals surface area contributed by atoms with Crippen molar-refractivity contribution in [3.8, 4) is 21.8 Å². The maximum absolute atomic E-state index is 6.19. The van der Waals surface area contributed by atoms with Gasteiger partial charge in [-0.1, -0.05) is 18.2 Å². The van der Waals surface area contributed by atoms with Crippen LogP contribution in [0, 0.1) is 0 Å². The summed E-state index contributed by atoms with van der Waals surface area (Å²) in [6.45, 7) is 0. The van der Waals surface area contributed by atoms with Crippen LogP contribution in [0.4, 0.5) is 11.5 Å². The SMILES string of the molecule is CN(C)c1ccc(-c2cc(N)n3nc(-c4cccs4)nc3c2)cc1. The Morgan fingerprint density at radius 1 is 1.04 bits per heavy atom. The summed E-state index contributed by atoms with van der Waals surface area (Å²) in [4.78, 5) is 7.74. The minimum Gasteiger partial charge on any atom is -0.384 e. The number of nitrogen functional groups attached to an aromatic ring is 1. The fourth-order valence-corrected chi connectivity index (χ4v) is 3.29. The van der Waals surface area contributed by atoms with Crippen molar-refractivity contribution in [2.75, 3.05) is 24.7 Å². The second-order valence-electron chi connectivity index (χ2n) is 5.79. The van der Waals surface area contributed by atoms with Crippen LogP contribution < -0.4 is 10.6 Å². The van der Waals surface area contributed by atoms with Gasteiger partial charge in [-0.3, -0.25) is 0 Å². The van der Waals surface area contributed by atoms with E-state index < -0.39 is 0 Å². The molecule has 0 atom stereocenters. The molecule has 0 saturated carbocycles. The Hall–Kier alpha value is -2.86. The second kappa shape index (κ2) is 5.65. The lowest BCUT2D eigenvalue weighted by Crippen LogP contribution is -2.07. The fourth-order valence-electron chi connectivity index (χ4n) is 2.64. The molecule has 0 aliphatic rings. The third kappa shape index (κ3) is 2.51. The van der Waals surface area contributed by atoms with E-state index in [0.717, 1.165) is 27.3 Å². The first-order chi connectivity index (χ1) is 11.6. The van der Waals surface area contributed by atoms with Gasteiger partial charge in [0, 0.05) is 19.8 Å². The molecule has 6 heteroatoms. The molecule has 0 bridgehead atoms. The van der Waals surface area contributed by atoms with E-state index in [1.165, 1.54) is 0 Å². The van der Waals surface area contributed by atoms with Crippen molar-refractivity contribution in [3.63, 3.8) is 0 Å². The van der Waals surface area contributed by atoms with Crippen molar-refractivity contribution >= 4 is 28.5 Å². The molecule has 4 aromatic rings. The number of benzene rings is 1. The largest absolute Gasteiger partial charge is 0.384 e. The molecule has 0 unspecified atom stereocenters. The number of aromatic nitrogens is 3. The van der Waals surface area contributed by atoms with Crippen molar-refractivity contribution < 1.29 is 0 Å². The molecule has 120 valence electrons. The maximum Gasteiger partial charge on any atom is 0.192 e. The summed E-state index contributed by atoms with van der Waals surface area (Å²) in [6, 6.07) is 16.3. The molecule has 5 nitrogen and oxygen atoms in total. The Balaban J connectivity index is 1.79. The predicted octanol–water partition coefficient (Wildman–Crippen LogP) is 3.77. The molecule has 0 aliphatic heterocycles. The van der Waals surface area contributed by atoms with E-state index in [1.807, 2.05) is 43.7 Å². The smallest absolute Gasteiger partial charge is 0.192 e. The normalized spacial score (nSPS) is 11.1. The number of fused-ring (bicyclic) bond motifs is 1. The molecule has 1 aromatic carbocycles. The zero-order valence-electron chi connectivity index (χ0n) is 13.5. The first-order valence-corrected chi connectivity index (χ1v) is 8.48. The van der Waals surface area contributed by atoms with Gasteiger partial charge in [-0.15, -0.1) is 16.4 Å². The first-order valence-electron chi connectivity index (χ1n) is 7.60. The fraction of sp³-hybridized carbons (Fsp3) is 0.111. The van der Waals surface area contributed by atoms with Crippen LogP contribution in [0.15, 0.2) is 53.9 Å². The van der Waals surface area contributed by atoms with Gasteiger partial charge in [0.05, 0.1) is 4.88 Å². The van der Waals surface area contributed by atoms with Crippen LogP contribution in [0.2, 0.25) is 0 Å². The molecule has 0 fully saturated rings. The van der Waals surface area contributed by atoms with E-state index in [9.17, 15) is 0 Å². The first kappa shape index (κ1) is 14.7. The second-order valence-corrected chi connectivity index (χ2v) is 6.74. The quantitative estimate of drug-likeness (QED) is 0.619. The van der Waals surface area contributed by atoms with Crippen LogP contribution in [0.25, 0.3) is 27.5 Å². The molecule has 3 heterocycles. The van der Waals surface area contributed by atoms with Crippen molar-refractivity contribution in [1.82, 2.24) is 14.6 Å². The molecule has 0 saturated heterocycles. The summed E-state index contributed by atoms with van der Waals surface area (Å²) in [5, 5.41) is 6.53. The number of hydrogen-bond acceptors (Lipinski definition) is 5. The molecule has 4 rings (SSSR count). The molecule has 3 aromatic heterocycles. The highest BCUT2D eigenvalue weighted by Gasteiger charge is 2.11. The Bertz CT molecular complexity index is 984. The van der Waals surface area contributed by atoms with Crippen LogP contribution in [-0.2, 0) is 0 Å². The predicted molar refractivity (Wildman–Crippen MR) is 100 cm³/mol. The standard InChI is InChI=1S/C18H17N5S/c1-22(2)14-7-5-12(6-8-14)13-10-16(19)23-17(11-13)20-18(21-23)15-4-3-9-24-15/h3-11H,19H2,1-2H3. The van der Waals surface area contributed by atoms with Crippen LogP contribution in [0.3, 0.4) is 0 Å². The van der Waals surface area contributed by atoms with Gasteiger partial charge in [0.1, 0.15) is 5.82 Å². The maximum atomic E-state index is 6.19. The number of pyridine rings is 1. The zero-order valence-corrected chi connectivity index (χ0v) is 14.3. The molecule has 0 spiro atoms. The van der Waals surface area contributed by atoms with E-state index >= 15 is 0 Å². The number of nitrogens with two attached hydrogens (primary N) is 1. The Kier molecular flexibility index (Phi) is 3.46. The summed E-state index contributed by atoms with van der Waals surface area (Å²) < 4.78 is 1.69. The van der Waals surface area contributed by atoms with Gasteiger partial charge in [0.2, 0.25) is 0 Å². The van der Waals surface area contributed by atoms with Crippen molar-refractivity contribution in [1.29, 1.82) is 0 Å². The highest BCUT2D eigenvalue weighted by Crippen LogP contribution is 2.28. The summed E-state index contributed by atoms with van der Waals surface area (Å²) in [5.41, 5.74) is 10.3. The molecule has 0 amide bonds. The topological polar surface area (TPSA) is 59.5 Å². The lowest BCUT2D eigenvalue weighted by Gasteiger charge is -2.13. The van der Waals surface area contributed by atoms with E-state index in [1.54, 1.807) is 15.9 Å². The van der Waals surface area contributed by atoms with Gasteiger partial charge in [-0.25, -0.2) is 4.98 Å². The minimum atomic E-state index is 0.578. The number of hydrogen-bond donors (Lipinski definition) is 1. The minimum absolute atomic E-state index is 0.578. The van der Waals surface area contributed by atoms with Gasteiger partial charge in [-0.2, -0.15) is 4.52 Å². The molecule has 2 N–H and O–H groups in total. The molecule has 24 heavy (non-hydrogen) atoms. The Morgan fingerprint density at radius 3 is 2.50 bits per heavy atom. The van der Waals surface area contributed by atoms with Crippen LogP contribution in [0.1, 0.15) is 0 Å². The van der Waals surface area contributed by atoms with Crippen LogP contribution in [-0.4, -0.2) is 28.7 Å². The van der Waals surface area contributed by atoms with E-state index in [-0.39, 0.29) is 0 Å². The average Bonchev–Trinajstić information content (AvgIpc) is 3.24. The monoisotopic (exact) mass is 335 g/mol. The Labute approximate surface area is 144 Å². The van der Waals surface area contributed by atoms with Crippen molar-refractivity contribution in [3.05, 3.63) is 53.9 Å². The van der Waals surface area contributed by atoms with Gasteiger partial charge >= 0.3 is 0 Å². The third-order valence-electron chi connectivity index (χ3n) is 3.92. The third-order valence-corrected chi connectivity index (χ3v) is 4.79. The Morgan fingerprint density at radius 2 is 1.83 bits per heavy atom. The van der Waals surface area contributed by atoms with Crippen molar-refractivity contribution in [2.24, 2.45) is 0 Å². The van der Waals surface area contributed by atoms with E-state index in [4.69, 9.17) is 5.73 Å². The number of rotatable bonds is 3. The highest BCUT2D eigenvalue weighted by molar-refractivity contribution is 7.13. The van der Waals surface area contributed by atoms with Crippen molar-refractivity contribution in [2.45, 2.75) is 0 Å². The van der Waals surface area contributed by atoms with Gasteiger partial charge < -0.3 is 10.6 Å². The summed E-state index contributed by atoms with van der Waals surface area (Å²) >= 11 is 1.62. The lowest BCUT2D eigenvalue weighted by molar-refractivity contribution is 0.980. The van der Waals surface area contributed by atoms with Gasteiger partial charge in [0.15, 0.2) is 11.5 Å². The zero-order chi connectivity index (χ0) is 16.7. The summed E-state index contributed by atoms with van der Waals surface area (Å²) in [7, 11) is 4.06. The highest BCUT2D eigenvalue weighted by atomic mass is 32.1. The van der Waals surface area contributed by atoms with Crippen LogP contribution >= 0.6 is 11.3 Å². The average molecular weight is 335 g/mol. The van der Waals surface area contributed by atoms with Gasteiger partial charge in [0.25, 0.3) is 0 Å². The summed E-state index contributed by atoms with van der Waals surface area (Å²) in [6.07, 6.45) is 0. The number of nitrogens with zero attached hydrogens (tertiary/aromatic N) is 4. The van der Waals surface area contributed by atoms with Gasteiger partial charge in [-0.05, 0) is 46.8 Å². The van der Waals surface area contributed by atoms with E-state index in [2.05, 4.69) is 39.2 Å². The summed E-state index contributed by atoms with van der Waals surface area (Å²) in [5.74, 6) is 1.28. The molecular formula is C18H17N5S.